The van der Waals surface area contributed by atoms with E-state index in [0.717, 1.165) is 12.5 Å². The Bertz CT molecular complexity index is 498. The van der Waals surface area contributed by atoms with Crippen molar-refractivity contribution in [1.29, 1.82) is 0 Å². The Labute approximate surface area is 126 Å². The molecule has 1 amide bonds. The fraction of sp³-hybridized carbons (Fsp3) is 0.562. The van der Waals surface area contributed by atoms with Crippen molar-refractivity contribution in [2.75, 3.05) is 31.2 Å². The van der Waals surface area contributed by atoms with Crippen LogP contribution in [0.2, 0.25) is 0 Å². The van der Waals surface area contributed by atoms with Crippen molar-refractivity contribution >= 4 is 17.3 Å². The van der Waals surface area contributed by atoms with E-state index in [-0.39, 0.29) is 5.91 Å². The number of amides is 1. The maximum Gasteiger partial charge on any atom is 0.238 e. The molecule has 5 nitrogen and oxygen atoms in total. The van der Waals surface area contributed by atoms with Gasteiger partial charge in [-0.2, -0.15) is 0 Å². The van der Waals surface area contributed by atoms with Crippen LogP contribution in [0.3, 0.4) is 0 Å². The Hall–Kier alpha value is -1.75. The summed E-state index contributed by atoms with van der Waals surface area (Å²) in [6.45, 7) is 5.64. The third kappa shape index (κ3) is 4.63. The third-order valence-corrected chi connectivity index (χ3v) is 3.76. The predicted molar refractivity (Wildman–Crippen MR) is 85.5 cm³/mol. The van der Waals surface area contributed by atoms with E-state index in [1.807, 2.05) is 0 Å². The van der Waals surface area contributed by atoms with Crippen molar-refractivity contribution in [3.63, 3.8) is 0 Å². The summed E-state index contributed by atoms with van der Waals surface area (Å²) >= 11 is 0. The highest BCUT2D eigenvalue weighted by Crippen LogP contribution is 2.30. The molecule has 0 radical (unpaired) electrons. The van der Waals surface area contributed by atoms with E-state index in [1.54, 1.807) is 25.3 Å². The lowest BCUT2D eigenvalue weighted by molar-refractivity contribution is -0.117. The third-order valence-electron chi connectivity index (χ3n) is 3.76. The number of rotatable bonds is 7. The standard InChI is InChI=1S/C16H25N3O2/c1-11(2)19(9-12-4-5-12)10-16(20)18-14-8-13(17)6-7-15(14)21-3/h6-8,11-12H,4-5,9-10,17H2,1-3H3,(H,18,20). The first-order valence-corrected chi connectivity index (χ1v) is 7.47. The number of carbonyl (C=O) groups excluding carboxylic acids is 1. The van der Waals surface area contributed by atoms with E-state index >= 15 is 0 Å². The summed E-state index contributed by atoms with van der Waals surface area (Å²) in [5.74, 6) is 1.35. The van der Waals surface area contributed by atoms with E-state index in [1.165, 1.54) is 12.8 Å². The number of hydrogen-bond acceptors (Lipinski definition) is 4. The zero-order valence-electron chi connectivity index (χ0n) is 13.1. The SMILES string of the molecule is COc1ccc(N)cc1NC(=O)CN(CC1CC1)C(C)C. The van der Waals surface area contributed by atoms with Gasteiger partial charge in [-0.1, -0.05) is 0 Å². The van der Waals surface area contributed by atoms with Crippen LogP contribution in [0.15, 0.2) is 18.2 Å². The monoisotopic (exact) mass is 291 g/mol. The Kier molecular flexibility index (Phi) is 5.07. The van der Waals surface area contributed by atoms with Crippen molar-refractivity contribution in [2.24, 2.45) is 5.92 Å². The van der Waals surface area contributed by atoms with Gasteiger partial charge in [-0.25, -0.2) is 0 Å². The molecule has 0 unspecified atom stereocenters. The summed E-state index contributed by atoms with van der Waals surface area (Å²) in [5.41, 5.74) is 6.99. The van der Waals surface area contributed by atoms with Gasteiger partial charge in [0, 0.05) is 18.3 Å². The van der Waals surface area contributed by atoms with Crippen LogP contribution in [0.5, 0.6) is 5.75 Å². The summed E-state index contributed by atoms with van der Waals surface area (Å²) < 4.78 is 5.24. The molecule has 0 saturated heterocycles. The van der Waals surface area contributed by atoms with Gasteiger partial charge in [-0.3, -0.25) is 9.69 Å². The van der Waals surface area contributed by atoms with Gasteiger partial charge in [0.05, 0.1) is 19.3 Å². The van der Waals surface area contributed by atoms with E-state index < -0.39 is 0 Å². The van der Waals surface area contributed by atoms with Crippen LogP contribution in [0.25, 0.3) is 0 Å². The Balaban J connectivity index is 1.98. The van der Waals surface area contributed by atoms with Crippen molar-refractivity contribution in [3.05, 3.63) is 18.2 Å². The molecule has 21 heavy (non-hydrogen) atoms. The van der Waals surface area contributed by atoms with Gasteiger partial charge in [0.2, 0.25) is 5.91 Å². The number of anilines is 2. The van der Waals surface area contributed by atoms with E-state index in [0.29, 0.717) is 29.7 Å². The van der Waals surface area contributed by atoms with Crippen LogP contribution < -0.4 is 15.8 Å². The van der Waals surface area contributed by atoms with Gasteiger partial charge >= 0.3 is 0 Å². The molecule has 1 fully saturated rings. The lowest BCUT2D eigenvalue weighted by Gasteiger charge is -2.25. The molecule has 0 spiro atoms. The normalized spacial score (nSPS) is 14.5. The van der Waals surface area contributed by atoms with Crippen LogP contribution in [0.4, 0.5) is 11.4 Å². The molecule has 1 saturated carbocycles. The first kappa shape index (κ1) is 15.6. The minimum absolute atomic E-state index is 0.0340. The molecule has 3 N–H and O–H groups in total. The minimum Gasteiger partial charge on any atom is -0.495 e. The Morgan fingerprint density at radius 2 is 2.19 bits per heavy atom. The fourth-order valence-electron chi connectivity index (χ4n) is 2.29. The molecule has 1 aliphatic carbocycles. The van der Waals surface area contributed by atoms with Gasteiger partial charge < -0.3 is 15.8 Å². The second-order valence-electron chi connectivity index (χ2n) is 5.97. The second kappa shape index (κ2) is 6.80. The van der Waals surface area contributed by atoms with Gasteiger partial charge in [0.25, 0.3) is 0 Å². The second-order valence-corrected chi connectivity index (χ2v) is 5.97. The van der Waals surface area contributed by atoms with Crippen LogP contribution in [0, 0.1) is 5.92 Å². The fourth-order valence-corrected chi connectivity index (χ4v) is 2.29. The molecule has 0 heterocycles. The largest absolute Gasteiger partial charge is 0.495 e. The molecular formula is C16H25N3O2. The quantitative estimate of drug-likeness (QED) is 0.757. The number of nitrogens with two attached hydrogens (primary N) is 1. The average molecular weight is 291 g/mol. The Morgan fingerprint density at radius 1 is 1.48 bits per heavy atom. The number of methoxy groups -OCH3 is 1. The number of nitrogens with one attached hydrogen (secondary N) is 1. The summed E-state index contributed by atoms with van der Waals surface area (Å²) in [6.07, 6.45) is 2.57. The maximum atomic E-state index is 12.3. The number of carbonyl (C=O) groups is 1. The molecule has 5 heteroatoms. The van der Waals surface area contributed by atoms with Crippen LogP contribution in [-0.4, -0.2) is 37.0 Å². The van der Waals surface area contributed by atoms with Gasteiger partial charge in [-0.15, -0.1) is 0 Å². The maximum absolute atomic E-state index is 12.3. The molecule has 2 rings (SSSR count). The molecule has 0 aromatic heterocycles. The number of nitrogen functional groups attached to an aromatic ring is 1. The van der Waals surface area contributed by atoms with Crippen molar-refractivity contribution in [2.45, 2.75) is 32.7 Å². The van der Waals surface area contributed by atoms with E-state index in [4.69, 9.17) is 10.5 Å². The lowest BCUT2D eigenvalue weighted by atomic mass is 10.2. The highest BCUT2D eigenvalue weighted by molar-refractivity contribution is 5.94. The molecule has 0 bridgehead atoms. The summed E-state index contributed by atoms with van der Waals surface area (Å²) in [5, 5.41) is 2.90. The number of nitrogens with zero attached hydrogens (tertiary/aromatic N) is 1. The van der Waals surface area contributed by atoms with Crippen molar-refractivity contribution in [1.82, 2.24) is 4.90 Å². The van der Waals surface area contributed by atoms with Crippen molar-refractivity contribution in [3.8, 4) is 5.75 Å². The van der Waals surface area contributed by atoms with Gasteiger partial charge in [0.1, 0.15) is 5.75 Å². The minimum atomic E-state index is -0.0340. The van der Waals surface area contributed by atoms with Crippen LogP contribution >= 0.6 is 0 Å². The average Bonchev–Trinajstić information content (AvgIpc) is 3.22. The molecule has 1 aromatic carbocycles. The van der Waals surface area contributed by atoms with Gasteiger partial charge in [-0.05, 0) is 50.8 Å². The zero-order chi connectivity index (χ0) is 15.4. The van der Waals surface area contributed by atoms with Crippen LogP contribution in [0.1, 0.15) is 26.7 Å². The number of benzene rings is 1. The van der Waals surface area contributed by atoms with Crippen LogP contribution in [-0.2, 0) is 4.79 Å². The van der Waals surface area contributed by atoms with Gasteiger partial charge in [0.15, 0.2) is 0 Å². The van der Waals surface area contributed by atoms with Crippen molar-refractivity contribution < 1.29 is 9.53 Å². The Morgan fingerprint density at radius 3 is 2.76 bits per heavy atom. The zero-order valence-corrected chi connectivity index (χ0v) is 13.1. The summed E-state index contributed by atoms with van der Waals surface area (Å²) in [6, 6.07) is 5.59. The molecule has 1 aromatic rings. The molecule has 0 aliphatic heterocycles. The van der Waals surface area contributed by atoms with E-state index in [9.17, 15) is 4.79 Å². The predicted octanol–water partition coefficient (Wildman–Crippen LogP) is 2.34. The molecule has 0 atom stereocenters. The first-order valence-electron chi connectivity index (χ1n) is 7.47. The number of ether oxygens (including phenoxy) is 1. The van der Waals surface area contributed by atoms with E-state index in [2.05, 4.69) is 24.1 Å². The topological polar surface area (TPSA) is 67.6 Å². The highest BCUT2D eigenvalue weighted by atomic mass is 16.5. The molecular weight excluding hydrogens is 266 g/mol. The summed E-state index contributed by atoms with van der Waals surface area (Å²) in [4.78, 5) is 14.5. The smallest absolute Gasteiger partial charge is 0.238 e. The number of hydrogen-bond donors (Lipinski definition) is 2. The first-order chi connectivity index (χ1) is 9.99. The molecule has 1 aliphatic rings. The highest BCUT2D eigenvalue weighted by Gasteiger charge is 2.26. The summed E-state index contributed by atoms with van der Waals surface area (Å²) in [7, 11) is 1.58. The molecule has 116 valence electrons. The lowest BCUT2D eigenvalue weighted by Crippen LogP contribution is -2.39.